The third-order valence-corrected chi connectivity index (χ3v) is 5.47. The molecule has 0 aliphatic carbocycles. The number of rotatable bonds is 4. The normalized spacial score (nSPS) is 25.8. The molecule has 2 unspecified atom stereocenters. The smallest absolute Gasteiger partial charge is 0.169 e. The summed E-state index contributed by atoms with van der Waals surface area (Å²) in [7, 11) is 0. The summed E-state index contributed by atoms with van der Waals surface area (Å²) in [5.41, 5.74) is 1.09. The molecule has 2 bridgehead atoms. The summed E-state index contributed by atoms with van der Waals surface area (Å²) < 4.78 is 33.2. The van der Waals surface area contributed by atoms with Gasteiger partial charge in [-0.25, -0.2) is 8.78 Å². The van der Waals surface area contributed by atoms with Crippen molar-refractivity contribution >= 4 is 5.78 Å². The molecule has 2 aliphatic heterocycles. The Bertz CT molecular complexity index is 782. The van der Waals surface area contributed by atoms with Crippen LogP contribution in [0.25, 0.3) is 0 Å². The first kappa shape index (κ1) is 17.3. The summed E-state index contributed by atoms with van der Waals surface area (Å²) in [5.74, 6) is -2.60. The van der Waals surface area contributed by atoms with E-state index >= 15 is 0 Å². The first-order valence-electron chi connectivity index (χ1n) is 8.99. The number of halogens is 2. The van der Waals surface area contributed by atoms with E-state index in [-0.39, 0.29) is 29.3 Å². The standard InChI is InChI=1S/C21H21F2NO2/c22-19-8-4-7-18(20(19)23)21(25)15-9-16-12-26-13-17(10-15)24(16)11-14-5-2-1-3-6-14/h1-8,15-17H,9-13H2. The molecular formula is C21H21F2NO2. The molecule has 2 aromatic carbocycles. The Morgan fingerprint density at radius 2 is 1.69 bits per heavy atom. The zero-order valence-electron chi connectivity index (χ0n) is 14.4. The highest BCUT2D eigenvalue weighted by Crippen LogP contribution is 2.35. The summed E-state index contributed by atoms with van der Waals surface area (Å²) in [6, 6.07) is 14.3. The van der Waals surface area contributed by atoms with Gasteiger partial charge < -0.3 is 4.74 Å². The van der Waals surface area contributed by atoms with Crippen LogP contribution in [-0.4, -0.2) is 36.0 Å². The fraction of sp³-hybridized carbons (Fsp3) is 0.381. The van der Waals surface area contributed by atoms with Crippen LogP contribution in [0.2, 0.25) is 0 Å². The summed E-state index contributed by atoms with van der Waals surface area (Å²) in [5, 5.41) is 0. The molecule has 2 aromatic rings. The topological polar surface area (TPSA) is 29.5 Å². The van der Waals surface area contributed by atoms with Crippen molar-refractivity contribution in [1.82, 2.24) is 4.90 Å². The van der Waals surface area contributed by atoms with Gasteiger partial charge in [-0.05, 0) is 30.5 Å². The minimum atomic E-state index is -1.04. The van der Waals surface area contributed by atoms with Gasteiger partial charge in [0.1, 0.15) is 0 Å². The summed E-state index contributed by atoms with van der Waals surface area (Å²) in [6.07, 6.45) is 1.22. The zero-order chi connectivity index (χ0) is 18.1. The van der Waals surface area contributed by atoms with Crippen LogP contribution in [0.3, 0.4) is 0 Å². The molecule has 136 valence electrons. The van der Waals surface area contributed by atoms with E-state index in [9.17, 15) is 13.6 Å². The number of fused-ring (bicyclic) bond motifs is 2. The number of piperidine rings is 1. The van der Waals surface area contributed by atoms with Gasteiger partial charge in [-0.3, -0.25) is 9.69 Å². The molecule has 2 saturated heterocycles. The number of hydrogen-bond donors (Lipinski definition) is 0. The summed E-state index contributed by atoms with van der Waals surface area (Å²) in [4.78, 5) is 15.2. The molecule has 2 aliphatic rings. The molecule has 2 fully saturated rings. The van der Waals surface area contributed by atoms with E-state index in [2.05, 4.69) is 17.0 Å². The van der Waals surface area contributed by atoms with Crippen LogP contribution in [0.15, 0.2) is 48.5 Å². The van der Waals surface area contributed by atoms with Gasteiger partial charge >= 0.3 is 0 Å². The molecule has 2 heterocycles. The fourth-order valence-electron chi connectivity index (χ4n) is 4.17. The van der Waals surface area contributed by atoms with E-state index in [0.29, 0.717) is 26.1 Å². The summed E-state index contributed by atoms with van der Waals surface area (Å²) in [6.45, 7) is 1.95. The number of ketones is 1. The molecule has 0 saturated carbocycles. The molecule has 0 amide bonds. The van der Waals surface area contributed by atoms with Gasteiger partial charge in [0.2, 0.25) is 0 Å². The second kappa shape index (κ2) is 7.25. The van der Waals surface area contributed by atoms with Gasteiger partial charge in [-0.1, -0.05) is 36.4 Å². The molecule has 0 spiro atoms. The number of Topliss-reactive ketones (excluding diaryl/α,β-unsaturated/α-hetero) is 1. The molecule has 2 atom stereocenters. The number of carbonyl (C=O) groups excluding carboxylic acids is 1. The number of benzene rings is 2. The third kappa shape index (κ3) is 3.29. The van der Waals surface area contributed by atoms with E-state index in [4.69, 9.17) is 4.74 Å². The molecule has 26 heavy (non-hydrogen) atoms. The van der Waals surface area contributed by atoms with E-state index < -0.39 is 11.6 Å². The van der Waals surface area contributed by atoms with Crippen LogP contribution in [0.5, 0.6) is 0 Å². The van der Waals surface area contributed by atoms with Crippen molar-refractivity contribution in [3.8, 4) is 0 Å². The minimum absolute atomic E-state index is 0.119. The average Bonchev–Trinajstić information content (AvgIpc) is 2.64. The van der Waals surface area contributed by atoms with Crippen molar-refractivity contribution < 1.29 is 18.3 Å². The highest BCUT2D eigenvalue weighted by atomic mass is 19.2. The van der Waals surface area contributed by atoms with E-state index in [1.807, 2.05) is 18.2 Å². The minimum Gasteiger partial charge on any atom is -0.378 e. The lowest BCUT2D eigenvalue weighted by atomic mass is 9.80. The van der Waals surface area contributed by atoms with Crippen LogP contribution in [-0.2, 0) is 11.3 Å². The second-order valence-electron chi connectivity index (χ2n) is 7.14. The largest absolute Gasteiger partial charge is 0.378 e. The number of carbonyl (C=O) groups is 1. The Morgan fingerprint density at radius 1 is 1.00 bits per heavy atom. The number of ether oxygens (including phenoxy) is 1. The second-order valence-corrected chi connectivity index (χ2v) is 7.14. The van der Waals surface area contributed by atoms with Crippen molar-refractivity contribution in [2.24, 2.45) is 5.92 Å². The molecule has 3 nitrogen and oxygen atoms in total. The molecule has 0 radical (unpaired) electrons. The van der Waals surface area contributed by atoms with E-state index in [1.165, 1.54) is 17.7 Å². The first-order chi connectivity index (χ1) is 12.6. The quantitative estimate of drug-likeness (QED) is 0.779. The molecule has 0 aromatic heterocycles. The van der Waals surface area contributed by atoms with Gasteiger partial charge in [0.05, 0.1) is 18.8 Å². The number of hydrogen-bond acceptors (Lipinski definition) is 3. The van der Waals surface area contributed by atoms with Crippen LogP contribution in [0, 0.1) is 17.6 Å². The SMILES string of the molecule is O=C(c1cccc(F)c1F)C1CC2COCC(C1)N2Cc1ccccc1. The van der Waals surface area contributed by atoms with E-state index in [0.717, 1.165) is 12.6 Å². The van der Waals surface area contributed by atoms with Gasteiger partial charge in [0, 0.05) is 24.5 Å². The number of morpholine rings is 1. The predicted molar refractivity (Wildman–Crippen MR) is 93.8 cm³/mol. The molecule has 4 rings (SSSR count). The molecule has 5 heteroatoms. The fourth-order valence-corrected chi connectivity index (χ4v) is 4.17. The first-order valence-corrected chi connectivity index (χ1v) is 8.99. The van der Waals surface area contributed by atoms with Crippen molar-refractivity contribution in [2.45, 2.75) is 31.5 Å². The monoisotopic (exact) mass is 357 g/mol. The maximum Gasteiger partial charge on any atom is 0.169 e. The van der Waals surface area contributed by atoms with Crippen molar-refractivity contribution in [3.05, 3.63) is 71.3 Å². The van der Waals surface area contributed by atoms with Crippen LogP contribution < -0.4 is 0 Å². The van der Waals surface area contributed by atoms with Crippen LogP contribution in [0.1, 0.15) is 28.8 Å². The predicted octanol–water partition coefficient (Wildman–Crippen LogP) is 3.83. The van der Waals surface area contributed by atoms with Gasteiger partial charge in [-0.2, -0.15) is 0 Å². The van der Waals surface area contributed by atoms with Crippen LogP contribution >= 0.6 is 0 Å². The molecular weight excluding hydrogens is 336 g/mol. The summed E-state index contributed by atoms with van der Waals surface area (Å²) >= 11 is 0. The highest BCUT2D eigenvalue weighted by Gasteiger charge is 2.41. The lowest BCUT2D eigenvalue weighted by molar-refractivity contribution is -0.0873. The third-order valence-electron chi connectivity index (χ3n) is 5.47. The maximum atomic E-state index is 14.0. The highest BCUT2D eigenvalue weighted by molar-refractivity contribution is 5.98. The van der Waals surface area contributed by atoms with E-state index in [1.54, 1.807) is 0 Å². The Morgan fingerprint density at radius 3 is 2.38 bits per heavy atom. The lowest BCUT2D eigenvalue weighted by Gasteiger charge is -2.48. The Kier molecular flexibility index (Phi) is 4.83. The van der Waals surface area contributed by atoms with Crippen molar-refractivity contribution in [2.75, 3.05) is 13.2 Å². The van der Waals surface area contributed by atoms with Crippen molar-refractivity contribution in [1.29, 1.82) is 0 Å². The Balaban J connectivity index is 1.52. The maximum absolute atomic E-state index is 14.0. The zero-order valence-corrected chi connectivity index (χ0v) is 14.4. The van der Waals surface area contributed by atoms with Gasteiger partial charge in [0.15, 0.2) is 17.4 Å². The van der Waals surface area contributed by atoms with Gasteiger partial charge in [0.25, 0.3) is 0 Å². The average molecular weight is 357 g/mol. The van der Waals surface area contributed by atoms with Crippen molar-refractivity contribution in [3.63, 3.8) is 0 Å². The Hall–Kier alpha value is -2.11. The lowest BCUT2D eigenvalue weighted by Crippen LogP contribution is -2.57. The molecule has 0 N–H and O–H groups in total. The Labute approximate surface area is 151 Å². The van der Waals surface area contributed by atoms with Crippen LogP contribution in [0.4, 0.5) is 8.78 Å². The van der Waals surface area contributed by atoms with Gasteiger partial charge in [-0.15, -0.1) is 0 Å². The number of nitrogens with zero attached hydrogens (tertiary/aromatic N) is 1.